The zero-order valence-electron chi connectivity index (χ0n) is 44.5. The van der Waals surface area contributed by atoms with Crippen molar-refractivity contribution in [3.8, 4) is 0 Å². The van der Waals surface area contributed by atoms with Crippen molar-refractivity contribution in [3.05, 3.63) is 72.9 Å². The molecule has 0 aromatic heterocycles. The highest BCUT2D eigenvalue weighted by atomic mass is 31.2. The Morgan fingerprint density at radius 2 is 0.838 bits per heavy atom. The van der Waals surface area contributed by atoms with Crippen LogP contribution in [0.2, 0.25) is 0 Å². The number of quaternary nitrogens is 1. The highest BCUT2D eigenvalue weighted by Crippen LogP contribution is 2.38. The number of hydrogen-bond acceptors (Lipinski definition) is 8. The topological polar surface area (TPSA) is 111 Å². The van der Waals surface area contributed by atoms with Crippen LogP contribution >= 0.6 is 7.82 Å². The summed E-state index contributed by atoms with van der Waals surface area (Å²) in [6, 6.07) is 0. The van der Waals surface area contributed by atoms with Gasteiger partial charge in [-0.15, -0.1) is 0 Å². The van der Waals surface area contributed by atoms with Crippen molar-refractivity contribution in [3.63, 3.8) is 0 Å². The number of likely N-dealkylation sites (N-methyl/N-ethyl adjacent to an activating group) is 1. The lowest BCUT2D eigenvalue weighted by Gasteiger charge is -2.28. The van der Waals surface area contributed by atoms with Crippen LogP contribution in [-0.2, 0) is 32.7 Å². The van der Waals surface area contributed by atoms with Crippen LogP contribution in [0.15, 0.2) is 72.9 Å². The lowest BCUT2D eigenvalue weighted by atomic mass is 10.0. The summed E-state index contributed by atoms with van der Waals surface area (Å²) in [5.74, 6) is -0.880. The molecule has 0 saturated heterocycles. The lowest BCUT2D eigenvalue weighted by molar-refractivity contribution is -0.870. The zero-order chi connectivity index (χ0) is 49.9. The van der Waals surface area contributed by atoms with Gasteiger partial charge in [-0.3, -0.25) is 14.2 Å². The molecule has 0 rings (SSSR count). The molecule has 394 valence electrons. The number of allylic oxidation sites excluding steroid dienone is 12. The number of phosphoric ester groups is 1. The maximum atomic E-state index is 12.8. The minimum atomic E-state index is -4.65. The normalized spacial score (nSPS) is 13.9. The number of phosphoric acid groups is 1. The maximum Gasteiger partial charge on any atom is 0.306 e. The van der Waals surface area contributed by atoms with Crippen LogP contribution in [0, 0.1) is 0 Å². The van der Waals surface area contributed by atoms with E-state index >= 15 is 0 Å². The molecule has 0 saturated carbocycles. The lowest BCUT2D eigenvalue weighted by Crippen LogP contribution is -2.37. The van der Waals surface area contributed by atoms with Gasteiger partial charge in [0, 0.05) is 12.8 Å². The van der Waals surface area contributed by atoms with Crippen molar-refractivity contribution in [2.45, 2.75) is 238 Å². The molecule has 0 spiro atoms. The van der Waals surface area contributed by atoms with E-state index in [1.165, 1.54) is 128 Å². The minimum Gasteiger partial charge on any atom is -0.756 e. The molecule has 0 radical (unpaired) electrons. The van der Waals surface area contributed by atoms with Crippen LogP contribution in [0.1, 0.15) is 232 Å². The number of nitrogens with zero attached hydrogens (tertiary/aromatic N) is 1. The van der Waals surface area contributed by atoms with Crippen molar-refractivity contribution in [1.29, 1.82) is 0 Å². The highest BCUT2D eigenvalue weighted by Gasteiger charge is 2.21. The van der Waals surface area contributed by atoms with Gasteiger partial charge >= 0.3 is 11.9 Å². The second kappa shape index (κ2) is 49.4. The van der Waals surface area contributed by atoms with Gasteiger partial charge in [-0.25, -0.2) is 0 Å². The van der Waals surface area contributed by atoms with Crippen LogP contribution in [0.5, 0.6) is 0 Å². The van der Waals surface area contributed by atoms with Crippen LogP contribution in [0.25, 0.3) is 0 Å². The second-order valence-electron chi connectivity index (χ2n) is 19.6. The summed E-state index contributed by atoms with van der Waals surface area (Å²) in [6.07, 6.45) is 63.8. The molecule has 0 aliphatic carbocycles. The fraction of sp³-hybridized carbons (Fsp3) is 0.759. The van der Waals surface area contributed by atoms with Gasteiger partial charge < -0.3 is 27.9 Å². The summed E-state index contributed by atoms with van der Waals surface area (Å²) in [6.45, 7) is 4.09. The van der Waals surface area contributed by atoms with E-state index in [2.05, 4.69) is 86.8 Å². The van der Waals surface area contributed by atoms with Gasteiger partial charge in [-0.05, 0) is 64.2 Å². The Balaban J connectivity index is 4.26. The first-order valence-corrected chi connectivity index (χ1v) is 29.1. The second-order valence-corrected chi connectivity index (χ2v) is 21.0. The zero-order valence-corrected chi connectivity index (χ0v) is 45.4. The van der Waals surface area contributed by atoms with Crippen molar-refractivity contribution in [2.24, 2.45) is 0 Å². The number of hydrogen-bond donors (Lipinski definition) is 0. The molecular weight excluding hydrogens is 870 g/mol. The summed E-state index contributed by atoms with van der Waals surface area (Å²) >= 11 is 0. The molecule has 2 atom stereocenters. The number of carbonyl (C=O) groups is 2. The molecule has 0 amide bonds. The van der Waals surface area contributed by atoms with Crippen LogP contribution in [-0.4, -0.2) is 70.0 Å². The van der Waals surface area contributed by atoms with Gasteiger partial charge in [-0.2, -0.15) is 0 Å². The van der Waals surface area contributed by atoms with Gasteiger partial charge in [0.05, 0.1) is 27.7 Å². The fourth-order valence-electron chi connectivity index (χ4n) is 7.48. The molecule has 0 aliphatic rings. The number of rotatable bonds is 50. The molecule has 0 fully saturated rings. The first-order valence-electron chi connectivity index (χ1n) is 27.6. The first-order chi connectivity index (χ1) is 33.0. The third-order valence-corrected chi connectivity index (χ3v) is 12.7. The van der Waals surface area contributed by atoms with Gasteiger partial charge in [0.25, 0.3) is 7.82 Å². The van der Waals surface area contributed by atoms with Crippen molar-refractivity contribution < 1.29 is 42.1 Å². The molecular formula is C58H104NO8P. The number of ether oxygens (including phenoxy) is 2. The number of unbranched alkanes of at least 4 members (excludes halogenated alkanes) is 24. The van der Waals surface area contributed by atoms with Gasteiger partial charge in [-0.1, -0.05) is 228 Å². The van der Waals surface area contributed by atoms with Gasteiger partial charge in [0.2, 0.25) is 0 Å². The Kier molecular flexibility index (Phi) is 47.6. The Morgan fingerprint density at radius 1 is 0.471 bits per heavy atom. The molecule has 2 unspecified atom stereocenters. The molecule has 0 aromatic rings. The Hall–Kier alpha value is -2.55. The third-order valence-electron chi connectivity index (χ3n) is 11.7. The maximum absolute atomic E-state index is 12.8. The van der Waals surface area contributed by atoms with E-state index in [-0.39, 0.29) is 26.1 Å². The van der Waals surface area contributed by atoms with Crippen LogP contribution in [0.3, 0.4) is 0 Å². The van der Waals surface area contributed by atoms with E-state index in [4.69, 9.17) is 18.5 Å². The quantitative estimate of drug-likeness (QED) is 0.0195. The predicted octanol–water partition coefficient (Wildman–Crippen LogP) is 16.3. The van der Waals surface area contributed by atoms with E-state index in [0.717, 1.165) is 70.6 Å². The molecule has 10 heteroatoms. The monoisotopic (exact) mass is 974 g/mol. The summed E-state index contributed by atoms with van der Waals surface area (Å²) in [5, 5.41) is 0. The highest BCUT2D eigenvalue weighted by molar-refractivity contribution is 7.45. The summed E-state index contributed by atoms with van der Waals surface area (Å²) in [7, 11) is 1.13. The molecule has 0 heterocycles. The number of esters is 2. The Labute approximate surface area is 418 Å². The average molecular weight is 974 g/mol. The summed E-state index contributed by atoms with van der Waals surface area (Å²) in [5.41, 5.74) is 0. The van der Waals surface area contributed by atoms with E-state index in [9.17, 15) is 19.0 Å². The van der Waals surface area contributed by atoms with Crippen molar-refractivity contribution >= 4 is 19.8 Å². The third kappa shape index (κ3) is 52.8. The Morgan fingerprint density at radius 3 is 1.25 bits per heavy atom. The first kappa shape index (κ1) is 65.5. The summed E-state index contributed by atoms with van der Waals surface area (Å²) < 4.78 is 34.1. The van der Waals surface area contributed by atoms with Gasteiger partial charge in [0.1, 0.15) is 19.8 Å². The molecule has 9 nitrogen and oxygen atoms in total. The van der Waals surface area contributed by atoms with E-state index in [1.807, 2.05) is 21.1 Å². The van der Waals surface area contributed by atoms with E-state index < -0.39 is 32.5 Å². The van der Waals surface area contributed by atoms with Crippen LogP contribution in [0.4, 0.5) is 0 Å². The summed E-state index contributed by atoms with van der Waals surface area (Å²) in [4.78, 5) is 37.8. The fourth-order valence-corrected chi connectivity index (χ4v) is 8.21. The SMILES string of the molecule is CC/C=C\C/C=C\C/C=C\C/C=C\C/C=C\C/C=C\CCCCC(=O)OC(COC(=O)CCCCCCCCCCCCCCCCCCCCCCCCC)COP(=O)([O-])OCC[N+](C)(C)C. The van der Waals surface area contributed by atoms with Crippen LogP contribution < -0.4 is 4.89 Å². The molecule has 0 aliphatic heterocycles. The van der Waals surface area contributed by atoms with Crippen molar-refractivity contribution in [1.82, 2.24) is 0 Å². The minimum absolute atomic E-state index is 0.0416. The van der Waals surface area contributed by atoms with E-state index in [1.54, 1.807) is 0 Å². The molecule has 0 bridgehead atoms. The van der Waals surface area contributed by atoms with Crippen molar-refractivity contribution in [2.75, 3.05) is 47.5 Å². The number of carbonyl (C=O) groups excluding carboxylic acids is 2. The molecule has 0 N–H and O–H groups in total. The molecule has 68 heavy (non-hydrogen) atoms. The van der Waals surface area contributed by atoms with E-state index in [0.29, 0.717) is 17.4 Å². The average Bonchev–Trinajstić information content (AvgIpc) is 3.30. The van der Waals surface area contributed by atoms with Gasteiger partial charge in [0.15, 0.2) is 6.10 Å². The smallest absolute Gasteiger partial charge is 0.306 e. The predicted molar refractivity (Wildman–Crippen MR) is 286 cm³/mol. The largest absolute Gasteiger partial charge is 0.756 e. The standard InChI is InChI=1S/C58H104NO8P/c1-6-8-10-12-14-16-18-20-22-24-26-28-29-31-32-34-36-38-40-42-44-46-48-50-57(60)64-54-56(55-66-68(62,63)65-53-52-59(3,4)5)67-58(61)51-49-47-45-43-41-39-37-35-33-30-27-25-23-21-19-17-15-13-11-9-7-2/h9,11,15,17,21,23,27,30,35,37,41,43,56H,6-8,10,12-14,16,18-20,22,24-26,28-29,31-34,36,38-40,42,44-55H2,1-5H3/b11-9-,17-15-,23-21-,30-27-,37-35-,43-41-. The molecule has 0 aromatic carbocycles. The Bertz CT molecular complexity index is 1380.